The predicted molar refractivity (Wildman–Crippen MR) is 63.2 cm³/mol. The van der Waals surface area contributed by atoms with Crippen molar-refractivity contribution in [2.24, 2.45) is 5.92 Å². The van der Waals surface area contributed by atoms with Crippen LogP contribution in [-0.2, 0) is 0 Å². The lowest BCUT2D eigenvalue weighted by Crippen LogP contribution is -1.98. The second-order valence-corrected chi connectivity index (χ2v) is 4.73. The molecular formula is C11H14FNO2S. The maximum absolute atomic E-state index is 13.3. The van der Waals surface area contributed by atoms with Crippen LogP contribution < -0.4 is 0 Å². The molecule has 1 atom stereocenters. The molecule has 5 heteroatoms. The minimum Gasteiger partial charge on any atom is -0.258 e. The van der Waals surface area contributed by atoms with Crippen LogP contribution in [-0.4, -0.2) is 10.7 Å². The smallest absolute Gasteiger partial charge is 0.258 e. The number of thioether (sulfide) groups is 1. The number of hydrogen-bond donors (Lipinski definition) is 0. The maximum Gasteiger partial charge on any atom is 0.318 e. The molecule has 1 aromatic carbocycles. The van der Waals surface area contributed by atoms with Crippen molar-refractivity contribution in [2.45, 2.75) is 25.2 Å². The highest BCUT2D eigenvalue weighted by Gasteiger charge is 2.20. The lowest BCUT2D eigenvalue weighted by atomic mass is 10.2. The van der Waals surface area contributed by atoms with Gasteiger partial charge in [0.25, 0.3) is 0 Å². The zero-order valence-electron chi connectivity index (χ0n) is 9.27. The molecule has 16 heavy (non-hydrogen) atoms. The first-order valence-corrected chi connectivity index (χ1v) is 6.10. The van der Waals surface area contributed by atoms with Crippen molar-refractivity contribution in [3.63, 3.8) is 0 Å². The minimum absolute atomic E-state index is 0.407. The van der Waals surface area contributed by atoms with Gasteiger partial charge in [-0.15, -0.1) is 11.8 Å². The number of nitro benzene ring substituents is 1. The van der Waals surface area contributed by atoms with E-state index in [0.29, 0.717) is 10.8 Å². The summed E-state index contributed by atoms with van der Waals surface area (Å²) in [7, 11) is 0. The van der Waals surface area contributed by atoms with Gasteiger partial charge in [-0.25, -0.2) is 0 Å². The molecule has 3 nitrogen and oxygen atoms in total. The molecule has 0 amide bonds. The Balaban J connectivity index is 2.87. The summed E-state index contributed by atoms with van der Waals surface area (Å²) in [6, 6.07) is 4.21. The van der Waals surface area contributed by atoms with Gasteiger partial charge < -0.3 is 0 Å². The minimum atomic E-state index is -0.765. The number of hydrogen-bond acceptors (Lipinski definition) is 3. The van der Waals surface area contributed by atoms with Gasteiger partial charge in [-0.3, -0.25) is 10.1 Å². The summed E-state index contributed by atoms with van der Waals surface area (Å²) in [6.07, 6.45) is 1.01. The topological polar surface area (TPSA) is 43.1 Å². The third-order valence-corrected chi connectivity index (χ3v) is 3.73. The number of halogens is 1. The average Bonchev–Trinajstić information content (AvgIpc) is 2.25. The molecule has 0 heterocycles. The molecule has 0 saturated heterocycles. The summed E-state index contributed by atoms with van der Waals surface area (Å²) in [5, 5.41) is 10.7. The van der Waals surface area contributed by atoms with Crippen LogP contribution >= 0.6 is 11.8 Å². The van der Waals surface area contributed by atoms with Gasteiger partial charge in [-0.1, -0.05) is 26.3 Å². The Morgan fingerprint density at radius 3 is 2.81 bits per heavy atom. The normalized spacial score (nSPS) is 12.4. The van der Waals surface area contributed by atoms with Crippen LogP contribution in [0.1, 0.15) is 20.3 Å². The summed E-state index contributed by atoms with van der Waals surface area (Å²) >= 11 is 1.34. The van der Waals surface area contributed by atoms with E-state index in [4.69, 9.17) is 0 Å². The third-order valence-electron chi connectivity index (χ3n) is 2.35. The zero-order chi connectivity index (χ0) is 12.1. The van der Waals surface area contributed by atoms with Crippen molar-refractivity contribution in [3.8, 4) is 0 Å². The third kappa shape index (κ3) is 3.20. The Labute approximate surface area is 98.2 Å². The number of nitro groups is 1. The fourth-order valence-corrected chi connectivity index (χ4v) is 2.32. The van der Waals surface area contributed by atoms with E-state index < -0.39 is 16.4 Å². The first kappa shape index (κ1) is 13.0. The van der Waals surface area contributed by atoms with Gasteiger partial charge >= 0.3 is 5.69 Å². The molecular weight excluding hydrogens is 229 g/mol. The predicted octanol–water partition coefficient (Wildman–Crippen LogP) is 3.87. The molecule has 0 aliphatic rings. The molecule has 0 N–H and O–H groups in total. The second-order valence-electron chi connectivity index (χ2n) is 3.67. The van der Waals surface area contributed by atoms with E-state index in [2.05, 4.69) is 13.8 Å². The number of nitrogens with zero attached hydrogens (tertiary/aromatic N) is 1. The van der Waals surface area contributed by atoms with Crippen LogP contribution in [0.3, 0.4) is 0 Å². The van der Waals surface area contributed by atoms with Crippen LogP contribution in [0.4, 0.5) is 10.1 Å². The molecule has 0 aliphatic heterocycles. The monoisotopic (exact) mass is 243 g/mol. The first-order chi connectivity index (χ1) is 7.56. The standard InChI is InChI=1S/C11H14FNO2S/c1-3-8(2)7-16-10-6-4-5-9(12)11(10)13(14)15/h4-6,8H,3,7H2,1-2H3. The highest BCUT2D eigenvalue weighted by atomic mass is 32.2. The summed E-state index contributed by atoms with van der Waals surface area (Å²) < 4.78 is 13.3. The molecule has 0 bridgehead atoms. The summed E-state index contributed by atoms with van der Waals surface area (Å²) in [5.74, 6) is 0.466. The van der Waals surface area contributed by atoms with Crippen LogP contribution in [0.2, 0.25) is 0 Å². The van der Waals surface area contributed by atoms with Gasteiger partial charge in [0, 0.05) is 5.75 Å². The molecule has 1 rings (SSSR count). The Kier molecular flexibility index (Phi) is 4.73. The highest BCUT2D eigenvalue weighted by molar-refractivity contribution is 7.99. The molecule has 0 radical (unpaired) electrons. The summed E-state index contributed by atoms with van der Waals surface area (Å²) in [4.78, 5) is 10.5. The Hall–Kier alpha value is -1.10. The molecule has 0 aliphatic carbocycles. The Bertz CT molecular complexity index is 384. The van der Waals surface area contributed by atoms with Gasteiger partial charge in [-0.2, -0.15) is 4.39 Å². The van der Waals surface area contributed by atoms with Gasteiger partial charge in [0.15, 0.2) is 0 Å². The van der Waals surface area contributed by atoms with E-state index >= 15 is 0 Å². The molecule has 0 spiro atoms. The maximum atomic E-state index is 13.3. The van der Waals surface area contributed by atoms with Crippen molar-refractivity contribution in [2.75, 3.05) is 5.75 Å². The molecule has 1 unspecified atom stereocenters. The van der Waals surface area contributed by atoms with Crippen molar-refractivity contribution < 1.29 is 9.31 Å². The fraction of sp³-hybridized carbons (Fsp3) is 0.455. The van der Waals surface area contributed by atoms with Gasteiger partial charge in [0.1, 0.15) is 0 Å². The molecule has 0 aromatic heterocycles. The van der Waals surface area contributed by atoms with Crippen molar-refractivity contribution in [1.82, 2.24) is 0 Å². The SMILES string of the molecule is CCC(C)CSc1cccc(F)c1[N+](=O)[O-]. The van der Waals surface area contributed by atoms with E-state index in [-0.39, 0.29) is 0 Å². The number of para-hydroxylation sites is 1. The van der Waals surface area contributed by atoms with Crippen molar-refractivity contribution >= 4 is 17.4 Å². The van der Waals surface area contributed by atoms with Crippen LogP contribution in [0, 0.1) is 21.8 Å². The molecule has 88 valence electrons. The number of rotatable bonds is 5. The summed E-state index contributed by atoms with van der Waals surface area (Å²) in [5.41, 5.74) is -0.407. The lowest BCUT2D eigenvalue weighted by Gasteiger charge is -2.08. The van der Waals surface area contributed by atoms with E-state index in [1.54, 1.807) is 6.07 Å². The van der Waals surface area contributed by atoms with Crippen LogP contribution in [0.15, 0.2) is 23.1 Å². The van der Waals surface area contributed by atoms with Crippen LogP contribution in [0.5, 0.6) is 0 Å². The first-order valence-electron chi connectivity index (χ1n) is 5.12. The lowest BCUT2D eigenvalue weighted by molar-refractivity contribution is -0.390. The van der Waals surface area contributed by atoms with E-state index in [1.807, 2.05) is 0 Å². The Morgan fingerprint density at radius 1 is 1.56 bits per heavy atom. The van der Waals surface area contributed by atoms with E-state index in [0.717, 1.165) is 18.2 Å². The highest BCUT2D eigenvalue weighted by Crippen LogP contribution is 2.32. The zero-order valence-corrected chi connectivity index (χ0v) is 10.1. The van der Waals surface area contributed by atoms with Crippen molar-refractivity contribution in [1.29, 1.82) is 0 Å². The van der Waals surface area contributed by atoms with Gasteiger partial charge in [0.2, 0.25) is 5.82 Å². The van der Waals surface area contributed by atoms with E-state index in [9.17, 15) is 14.5 Å². The summed E-state index contributed by atoms with van der Waals surface area (Å²) in [6.45, 7) is 4.13. The van der Waals surface area contributed by atoms with E-state index in [1.165, 1.54) is 17.8 Å². The quantitative estimate of drug-likeness (QED) is 0.448. The molecule has 0 saturated carbocycles. The van der Waals surface area contributed by atoms with Gasteiger partial charge in [-0.05, 0) is 18.1 Å². The van der Waals surface area contributed by atoms with Gasteiger partial charge in [0.05, 0.1) is 9.82 Å². The number of benzene rings is 1. The Morgan fingerprint density at radius 2 is 2.25 bits per heavy atom. The average molecular weight is 243 g/mol. The largest absolute Gasteiger partial charge is 0.318 e. The molecule has 0 fully saturated rings. The molecule has 1 aromatic rings. The fourth-order valence-electron chi connectivity index (χ4n) is 1.14. The van der Waals surface area contributed by atoms with Crippen molar-refractivity contribution in [3.05, 3.63) is 34.1 Å². The van der Waals surface area contributed by atoms with Crippen LogP contribution in [0.25, 0.3) is 0 Å². The second kappa shape index (κ2) is 5.84.